The maximum Gasteiger partial charge on any atom is 0.231 e. The van der Waals surface area contributed by atoms with Crippen LogP contribution in [0.4, 0.5) is 10.2 Å². The smallest absolute Gasteiger partial charge is 0.231 e. The van der Waals surface area contributed by atoms with Gasteiger partial charge in [-0.25, -0.2) is 9.37 Å². The van der Waals surface area contributed by atoms with Crippen LogP contribution in [0, 0.1) is 12.7 Å². The number of carbonyl (C=O) groups excluding carboxylic acids is 1. The Morgan fingerprint density at radius 1 is 1.19 bits per heavy atom. The van der Waals surface area contributed by atoms with Gasteiger partial charge in [-0.3, -0.25) is 4.79 Å². The van der Waals surface area contributed by atoms with Gasteiger partial charge in [0.05, 0.1) is 16.7 Å². The standard InChI is InChI=1S/C20H16FN5O/c1-11-18-14(12-5-4-6-13(21)9-12)10-17(27)24-19(18)26(25-11)20-22-15-7-2-3-8-16(15)23-20/h2-9,14H,10H2,1H3,(H,22,23)(H,24,27)/t14-/m1/s1. The van der Waals surface area contributed by atoms with Gasteiger partial charge >= 0.3 is 0 Å². The minimum atomic E-state index is -0.317. The summed E-state index contributed by atoms with van der Waals surface area (Å²) in [6.07, 6.45) is 0.253. The van der Waals surface area contributed by atoms with Crippen LogP contribution in [0.2, 0.25) is 0 Å². The Labute approximate surface area is 154 Å². The molecule has 2 aromatic heterocycles. The number of fused-ring (bicyclic) bond motifs is 2. The summed E-state index contributed by atoms with van der Waals surface area (Å²) in [5.74, 6) is 0.414. The molecule has 134 valence electrons. The van der Waals surface area contributed by atoms with Crippen LogP contribution in [0.1, 0.15) is 29.2 Å². The van der Waals surface area contributed by atoms with Gasteiger partial charge in [0.1, 0.15) is 11.6 Å². The highest BCUT2D eigenvalue weighted by molar-refractivity contribution is 5.95. The number of aromatic amines is 1. The summed E-state index contributed by atoms with van der Waals surface area (Å²) in [6, 6.07) is 14.1. The number of imidazole rings is 1. The Balaban J connectivity index is 1.69. The van der Waals surface area contributed by atoms with Gasteiger partial charge < -0.3 is 10.3 Å². The highest BCUT2D eigenvalue weighted by Crippen LogP contribution is 2.40. The Kier molecular flexibility index (Phi) is 3.36. The summed E-state index contributed by atoms with van der Waals surface area (Å²) >= 11 is 0. The molecule has 27 heavy (non-hydrogen) atoms. The largest absolute Gasteiger partial charge is 0.322 e. The fraction of sp³-hybridized carbons (Fsp3) is 0.150. The molecule has 5 rings (SSSR count). The van der Waals surface area contributed by atoms with Crippen molar-refractivity contribution in [2.45, 2.75) is 19.3 Å². The van der Waals surface area contributed by atoms with Crippen molar-refractivity contribution in [2.75, 3.05) is 5.32 Å². The van der Waals surface area contributed by atoms with Gasteiger partial charge in [-0.15, -0.1) is 0 Å². The van der Waals surface area contributed by atoms with Gasteiger partial charge in [0, 0.05) is 17.9 Å². The van der Waals surface area contributed by atoms with Crippen molar-refractivity contribution < 1.29 is 9.18 Å². The number of amides is 1. The van der Waals surface area contributed by atoms with E-state index in [0.717, 1.165) is 27.9 Å². The lowest BCUT2D eigenvalue weighted by Crippen LogP contribution is -2.25. The van der Waals surface area contributed by atoms with Crippen molar-refractivity contribution in [3.8, 4) is 5.95 Å². The van der Waals surface area contributed by atoms with E-state index in [1.54, 1.807) is 10.7 Å². The maximum absolute atomic E-state index is 13.7. The van der Waals surface area contributed by atoms with Crippen molar-refractivity contribution in [2.24, 2.45) is 0 Å². The second-order valence-corrected chi connectivity index (χ2v) is 6.70. The quantitative estimate of drug-likeness (QED) is 0.572. The number of hydrogen-bond donors (Lipinski definition) is 2. The van der Waals surface area contributed by atoms with Crippen molar-refractivity contribution in [3.63, 3.8) is 0 Å². The van der Waals surface area contributed by atoms with E-state index in [4.69, 9.17) is 0 Å². The zero-order valence-corrected chi connectivity index (χ0v) is 14.5. The Bertz CT molecular complexity index is 1160. The topological polar surface area (TPSA) is 75.6 Å². The van der Waals surface area contributed by atoms with Crippen LogP contribution in [-0.2, 0) is 4.79 Å². The summed E-state index contributed by atoms with van der Waals surface area (Å²) in [7, 11) is 0. The highest BCUT2D eigenvalue weighted by atomic mass is 19.1. The van der Waals surface area contributed by atoms with E-state index in [2.05, 4.69) is 20.4 Å². The molecule has 0 bridgehead atoms. The monoisotopic (exact) mass is 361 g/mol. The first-order valence-corrected chi connectivity index (χ1v) is 8.70. The third kappa shape index (κ3) is 2.51. The minimum Gasteiger partial charge on any atom is -0.322 e. The molecule has 0 saturated carbocycles. The van der Waals surface area contributed by atoms with Crippen molar-refractivity contribution in [3.05, 3.63) is 71.2 Å². The summed E-state index contributed by atoms with van der Waals surface area (Å²) < 4.78 is 15.4. The molecule has 6 nitrogen and oxygen atoms in total. The van der Waals surface area contributed by atoms with E-state index in [1.165, 1.54) is 12.1 Å². The number of hydrogen-bond acceptors (Lipinski definition) is 3. The van der Waals surface area contributed by atoms with Crippen molar-refractivity contribution in [1.82, 2.24) is 19.7 Å². The first kappa shape index (κ1) is 15.7. The predicted molar refractivity (Wildman–Crippen MR) is 99.4 cm³/mol. The Hall–Kier alpha value is -3.48. The second-order valence-electron chi connectivity index (χ2n) is 6.70. The number of carbonyl (C=O) groups is 1. The van der Waals surface area contributed by atoms with Crippen LogP contribution in [0.25, 0.3) is 17.0 Å². The lowest BCUT2D eigenvalue weighted by molar-refractivity contribution is -0.116. The van der Waals surface area contributed by atoms with E-state index in [0.29, 0.717) is 11.8 Å². The molecule has 2 aromatic carbocycles. The number of nitrogens with zero attached hydrogens (tertiary/aromatic N) is 3. The number of para-hydroxylation sites is 2. The van der Waals surface area contributed by atoms with Crippen LogP contribution < -0.4 is 5.32 Å². The molecule has 3 heterocycles. The number of aryl methyl sites for hydroxylation is 1. The van der Waals surface area contributed by atoms with Gasteiger partial charge in [0.25, 0.3) is 0 Å². The Morgan fingerprint density at radius 2 is 2.04 bits per heavy atom. The predicted octanol–water partition coefficient (Wildman–Crippen LogP) is 3.67. The molecule has 0 radical (unpaired) electrons. The molecule has 1 aliphatic rings. The summed E-state index contributed by atoms with van der Waals surface area (Å²) in [5.41, 5.74) is 4.13. The molecule has 1 atom stereocenters. The molecule has 2 N–H and O–H groups in total. The molecule has 0 saturated heterocycles. The van der Waals surface area contributed by atoms with Crippen LogP contribution in [0.15, 0.2) is 48.5 Å². The zero-order chi connectivity index (χ0) is 18.5. The van der Waals surface area contributed by atoms with Gasteiger partial charge in [0.2, 0.25) is 11.9 Å². The van der Waals surface area contributed by atoms with E-state index in [-0.39, 0.29) is 24.1 Å². The van der Waals surface area contributed by atoms with Gasteiger partial charge in [-0.1, -0.05) is 24.3 Å². The van der Waals surface area contributed by atoms with Crippen LogP contribution in [0.5, 0.6) is 0 Å². The summed E-state index contributed by atoms with van der Waals surface area (Å²) in [6.45, 7) is 1.89. The number of rotatable bonds is 2. The van der Waals surface area contributed by atoms with Crippen molar-refractivity contribution >= 4 is 22.8 Å². The summed E-state index contributed by atoms with van der Waals surface area (Å²) in [4.78, 5) is 20.2. The maximum atomic E-state index is 13.7. The van der Waals surface area contributed by atoms with Crippen molar-refractivity contribution in [1.29, 1.82) is 0 Å². The molecular formula is C20H16FN5O. The van der Waals surface area contributed by atoms with E-state index >= 15 is 0 Å². The number of aromatic nitrogens is 4. The average molecular weight is 361 g/mol. The molecule has 4 aromatic rings. The molecule has 0 unspecified atom stereocenters. The first-order valence-electron chi connectivity index (χ1n) is 8.70. The van der Waals surface area contributed by atoms with Gasteiger partial charge in [0.15, 0.2) is 0 Å². The second kappa shape index (κ2) is 5.77. The van der Waals surface area contributed by atoms with E-state index < -0.39 is 0 Å². The van der Waals surface area contributed by atoms with Gasteiger partial charge in [-0.05, 0) is 36.8 Å². The third-order valence-electron chi connectivity index (χ3n) is 4.93. The minimum absolute atomic E-state index is 0.131. The van der Waals surface area contributed by atoms with Gasteiger partial charge in [-0.2, -0.15) is 9.78 Å². The third-order valence-corrected chi connectivity index (χ3v) is 4.93. The average Bonchev–Trinajstić information content (AvgIpc) is 3.22. The van der Waals surface area contributed by atoms with Crippen LogP contribution in [-0.4, -0.2) is 25.7 Å². The highest BCUT2D eigenvalue weighted by Gasteiger charge is 2.33. The number of nitrogens with one attached hydrogen (secondary N) is 2. The molecule has 1 aliphatic heterocycles. The van der Waals surface area contributed by atoms with Crippen LogP contribution >= 0.6 is 0 Å². The number of H-pyrrole nitrogens is 1. The normalized spacial score (nSPS) is 16.4. The number of benzene rings is 2. The fourth-order valence-corrected chi connectivity index (χ4v) is 3.75. The molecule has 0 aliphatic carbocycles. The van der Waals surface area contributed by atoms with Crippen LogP contribution in [0.3, 0.4) is 0 Å². The number of anilines is 1. The first-order chi connectivity index (χ1) is 13.1. The fourth-order valence-electron chi connectivity index (χ4n) is 3.75. The number of halogens is 1. The Morgan fingerprint density at radius 3 is 2.85 bits per heavy atom. The zero-order valence-electron chi connectivity index (χ0n) is 14.5. The SMILES string of the molecule is Cc1nn(-c2nc3ccccc3[nH]2)c2c1[C@@H](c1cccc(F)c1)CC(=O)N2. The molecule has 0 fully saturated rings. The molecule has 0 spiro atoms. The molecular weight excluding hydrogens is 345 g/mol. The lowest BCUT2D eigenvalue weighted by atomic mass is 9.86. The lowest BCUT2D eigenvalue weighted by Gasteiger charge is -2.24. The van der Waals surface area contributed by atoms with E-state index in [9.17, 15) is 9.18 Å². The molecule has 1 amide bonds. The molecule has 7 heteroatoms. The van der Waals surface area contributed by atoms with E-state index in [1.807, 2.05) is 37.3 Å². The summed E-state index contributed by atoms with van der Waals surface area (Å²) in [5, 5.41) is 7.52.